The van der Waals surface area contributed by atoms with E-state index in [-0.39, 0.29) is 23.2 Å². The maximum Gasteiger partial charge on any atom is 0.414 e. The standard InChI is InChI=1S/C29H47F3O/c1-7-25(3)16-17-26(4)20(18-25)12-14-28(6)22-10-9-21(27(22,5)15-13-23(26)28)19(2)8-11-24(33)29(30,31)32/h13,19-22,24,33H,7-12,14-18H2,1-6H3/t19-,20+,21?,22-,24-,25-,26+,27-,28+/m1/s1. The topological polar surface area (TPSA) is 20.2 Å². The third kappa shape index (κ3) is 4.02. The number of aliphatic hydroxyl groups is 1. The summed E-state index contributed by atoms with van der Waals surface area (Å²) >= 11 is 0. The lowest BCUT2D eigenvalue weighted by Gasteiger charge is -2.63. The summed E-state index contributed by atoms with van der Waals surface area (Å²) in [5.41, 5.74) is 2.96. The molecule has 0 aromatic carbocycles. The molecule has 0 aromatic heterocycles. The lowest BCUT2D eigenvalue weighted by molar-refractivity contribution is -0.206. The summed E-state index contributed by atoms with van der Waals surface area (Å²) in [5.74, 6) is 2.07. The van der Waals surface area contributed by atoms with Gasteiger partial charge in [0.1, 0.15) is 6.10 Å². The zero-order valence-corrected chi connectivity index (χ0v) is 21.8. The van der Waals surface area contributed by atoms with Gasteiger partial charge in [0.2, 0.25) is 0 Å². The number of allylic oxidation sites excluding steroid dienone is 2. The Hall–Kier alpha value is -0.510. The third-order valence-corrected chi connectivity index (χ3v) is 11.9. The van der Waals surface area contributed by atoms with E-state index in [4.69, 9.17) is 0 Å². The number of halogens is 3. The molecule has 4 aliphatic rings. The fraction of sp³-hybridized carbons (Fsp3) is 0.931. The van der Waals surface area contributed by atoms with Crippen LogP contribution < -0.4 is 0 Å². The molecule has 190 valence electrons. The molecular weight excluding hydrogens is 421 g/mol. The van der Waals surface area contributed by atoms with Crippen LogP contribution in [-0.2, 0) is 0 Å². The summed E-state index contributed by atoms with van der Waals surface area (Å²) in [6.45, 7) is 14.5. The van der Waals surface area contributed by atoms with Gasteiger partial charge in [-0.2, -0.15) is 13.2 Å². The van der Waals surface area contributed by atoms with Crippen molar-refractivity contribution in [3.63, 3.8) is 0 Å². The molecule has 33 heavy (non-hydrogen) atoms. The summed E-state index contributed by atoms with van der Waals surface area (Å²) in [6.07, 6.45) is 7.48. The minimum Gasteiger partial charge on any atom is -0.384 e. The highest BCUT2D eigenvalue weighted by Gasteiger charge is 2.63. The predicted molar refractivity (Wildman–Crippen MR) is 129 cm³/mol. The minimum atomic E-state index is -4.50. The van der Waals surface area contributed by atoms with Gasteiger partial charge in [-0.3, -0.25) is 0 Å². The number of hydrogen-bond donors (Lipinski definition) is 1. The molecule has 0 saturated heterocycles. The molecule has 1 unspecified atom stereocenters. The summed E-state index contributed by atoms with van der Waals surface area (Å²) in [6, 6.07) is 0. The summed E-state index contributed by atoms with van der Waals surface area (Å²) in [4.78, 5) is 0. The Balaban J connectivity index is 1.55. The smallest absolute Gasteiger partial charge is 0.384 e. The van der Waals surface area contributed by atoms with Crippen molar-refractivity contribution in [1.29, 1.82) is 0 Å². The Morgan fingerprint density at radius 2 is 1.70 bits per heavy atom. The van der Waals surface area contributed by atoms with Crippen molar-refractivity contribution in [2.24, 2.45) is 45.3 Å². The van der Waals surface area contributed by atoms with Gasteiger partial charge in [-0.1, -0.05) is 59.6 Å². The first-order valence-corrected chi connectivity index (χ1v) is 13.7. The molecule has 0 radical (unpaired) electrons. The van der Waals surface area contributed by atoms with Crippen LogP contribution in [0.4, 0.5) is 13.2 Å². The van der Waals surface area contributed by atoms with Crippen LogP contribution in [0.15, 0.2) is 11.6 Å². The Bertz CT molecular complexity index is 773. The molecule has 0 heterocycles. The van der Waals surface area contributed by atoms with Gasteiger partial charge >= 0.3 is 6.18 Å². The van der Waals surface area contributed by atoms with Crippen molar-refractivity contribution in [2.75, 3.05) is 0 Å². The molecule has 3 saturated carbocycles. The Kier molecular flexibility index (Phi) is 6.41. The number of aliphatic hydroxyl groups excluding tert-OH is 1. The van der Waals surface area contributed by atoms with Crippen molar-refractivity contribution in [1.82, 2.24) is 0 Å². The van der Waals surface area contributed by atoms with Gasteiger partial charge in [0, 0.05) is 0 Å². The average molecular weight is 469 g/mol. The highest BCUT2D eigenvalue weighted by molar-refractivity contribution is 5.33. The summed E-state index contributed by atoms with van der Waals surface area (Å²) in [7, 11) is 0. The number of fused-ring (bicyclic) bond motifs is 5. The first-order chi connectivity index (χ1) is 15.2. The molecule has 0 aliphatic heterocycles. The first kappa shape index (κ1) is 25.6. The fourth-order valence-electron chi connectivity index (χ4n) is 9.52. The van der Waals surface area contributed by atoms with Crippen LogP contribution in [-0.4, -0.2) is 17.4 Å². The maximum absolute atomic E-state index is 12.8. The van der Waals surface area contributed by atoms with Crippen molar-refractivity contribution in [3.05, 3.63) is 11.6 Å². The molecule has 9 atom stereocenters. The van der Waals surface area contributed by atoms with E-state index in [0.717, 1.165) is 18.8 Å². The van der Waals surface area contributed by atoms with E-state index in [1.807, 2.05) is 0 Å². The maximum atomic E-state index is 12.8. The lowest BCUT2D eigenvalue weighted by atomic mass is 9.41. The number of hydrogen-bond acceptors (Lipinski definition) is 1. The van der Waals surface area contributed by atoms with Crippen LogP contribution >= 0.6 is 0 Å². The molecule has 4 heteroatoms. The van der Waals surface area contributed by atoms with Gasteiger partial charge in [0.15, 0.2) is 0 Å². The fourth-order valence-corrected chi connectivity index (χ4v) is 9.52. The molecular formula is C29H47F3O. The van der Waals surface area contributed by atoms with Crippen LogP contribution in [0.5, 0.6) is 0 Å². The average Bonchev–Trinajstić information content (AvgIpc) is 3.10. The molecule has 3 fully saturated rings. The zero-order valence-electron chi connectivity index (χ0n) is 21.8. The van der Waals surface area contributed by atoms with Gasteiger partial charge in [0.05, 0.1) is 0 Å². The Morgan fingerprint density at radius 1 is 1.00 bits per heavy atom. The Morgan fingerprint density at radius 3 is 2.33 bits per heavy atom. The molecule has 4 rings (SSSR count). The normalized spacial score (nSPS) is 47.2. The SMILES string of the molecule is CC[C@]1(C)CC[C@]2(C)C3=CC[C@]4(C)C([C@H](C)CC[C@@H](O)C(F)(F)F)CC[C@H]4[C@]3(C)CC[C@H]2C1. The molecule has 1 N–H and O–H groups in total. The van der Waals surface area contributed by atoms with E-state index in [2.05, 4.69) is 47.6 Å². The van der Waals surface area contributed by atoms with Crippen LogP contribution in [0.3, 0.4) is 0 Å². The van der Waals surface area contributed by atoms with E-state index in [9.17, 15) is 18.3 Å². The van der Waals surface area contributed by atoms with Crippen LogP contribution in [0, 0.1) is 45.3 Å². The molecule has 4 aliphatic carbocycles. The summed E-state index contributed by atoms with van der Waals surface area (Å²) < 4.78 is 38.5. The Labute approximate surface area is 200 Å². The van der Waals surface area contributed by atoms with Crippen molar-refractivity contribution < 1.29 is 18.3 Å². The highest BCUT2D eigenvalue weighted by atomic mass is 19.4. The van der Waals surface area contributed by atoms with E-state index >= 15 is 0 Å². The third-order valence-electron chi connectivity index (χ3n) is 11.9. The summed E-state index contributed by atoms with van der Waals surface area (Å²) in [5, 5.41) is 9.53. The largest absolute Gasteiger partial charge is 0.414 e. The highest BCUT2D eigenvalue weighted by Crippen LogP contribution is 2.72. The second-order valence-corrected chi connectivity index (χ2v) is 13.6. The molecule has 1 nitrogen and oxygen atoms in total. The quantitative estimate of drug-likeness (QED) is 0.400. The van der Waals surface area contributed by atoms with Crippen molar-refractivity contribution >= 4 is 0 Å². The molecule has 0 bridgehead atoms. The first-order valence-electron chi connectivity index (χ1n) is 13.7. The van der Waals surface area contributed by atoms with Gasteiger partial charge in [0.25, 0.3) is 0 Å². The van der Waals surface area contributed by atoms with Crippen molar-refractivity contribution in [2.45, 2.75) is 124 Å². The lowest BCUT2D eigenvalue weighted by Crippen LogP contribution is -2.54. The van der Waals surface area contributed by atoms with Crippen LogP contribution in [0.25, 0.3) is 0 Å². The zero-order chi connectivity index (χ0) is 24.4. The van der Waals surface area contributed by atoms with Gasteiger partial charge in [-0.25, -0.2) is 0 Å². The minimum absolute atomic E-state index is 0.163. The number of alkyl halides is 3. The van der Waals surface area contributed by atoms with E-state index < -0.39 is 12.3 Å². The van der Waals surface area contributed by atoms with E-state index in [1.165, 1.54) is 44.9 Å². The van der Waals surface area contributed by atoms with Gasteiger partial charge in [-0.15, -0.1) is 0 Å². The van der Waals surface area contributed by atoms with Gasteiger partial charge < -0.3 is 5.11 Å². The van der Waals surface area contributed by atoms with Crippen LogP contribution in [0.1, 0.15) is 112 Å². The van der Waals surface area contributed by atoms with Crippen LogP contribution in [0.2, 0.25) is 0 Å². The second-order valence-electron chi connectivity index (χ2n) is 13.6. The van der Waals surface area contributed by atoms with Crippen molar-refractivity contribution in [3.8, 4) is 0 Å². The molecule has 0 aromatic rings. The molecule has 0 amide bonds. The van der Waals surface area contributed by atoms with Gasteiger partial charge in [-0.05, 0) is 110 Å². The monoisotopic (exact) mass is 468 g/mol. The second kappa shape index (κ2) is 8.27. The number of rotatable bonds is 5. The van der Waals surface area contributed by atoms with E-state index in [1.54, 1.807) is 5.57 Å². The van der Waals surface area contributed by atoms with E-state index in [0.29, 0.717) is 29.1 Å². The molecule has 0 spiro atoms. The predicted octanol–water partition coefficient (Wildman–Crippen LogP) is 8.71.